The van der Waals surface area contributed by atoms with Crippen molar-refractivity contribution in [2.24, 2.45) is 0 Å². The summed E-state index contributed by atoms with van der Waals surface area (Å²) in [6.07, 6.45) is 0. The second-order valence-electron chi connectivity index (χ2n) is 6.38. The van der Waals surface area contributed by atoms with Crippen molar-refractivity contribution in [3.05, 3.63) is 101 Å². The number of rotatable bonds is 6. The summed E-state index contributed by atoms with van der Waals surface area (Å²) in [5, 5.41) is 15.1. The van der Waals surface area contributed by atoms with Crippen molar-refractivity contribution in [3.8, 4) is 6.07 Å². The highest BCUT2D eigenvalue weighted by Gasteiger charge is 2.15. The van der Waals surface area contributed by atoms with Gasteiger partial charge in [0.05, 0.1) is 24.2 Å². The third-order valence-electron chi connectivity index (χ3n) is 4.29. The Labute approximate surface area is 159 Å². The molecule has 0 aromatic heterocycles. The molecule has 0 radical (unpaired) electrons. The summed E-state index contributed by atoms with van der Waals surface area (Å²) >= 11 is 0. The van der Waals surface area contributed by atoms with Crippen molar-refractivity contribution >= 4 is 11.6 Å². The van der Waals surface area contributed by atoms with Crippen molar-refractivity contribution in [2.45, 2.75) is 13.0 Å². The molecule has 27 heavy (non-hydrogen) atoms. The molecular weight excluding hydrogens is 334 g/mol. The van der Waals surface area contributed by atoms with Crippen molar-refractivity contribution in [2.75, 3.05) is 11.9 Å². The summed E-state index contributed by atoms with van der Waals surface area (Å²) in [7, 11) is 0. The highest BCUT2D eigenvalue weighted by atomic mass is 16.1. The van der Waals surface area contributed by atoms with Crippen LogP contribution in [0.2, 0.25) is 0 Å². The first-order valence-electron chi connectivity index (χ1n) is 8.80. The molecule has 3 aromatic rings. The number of nitriles is 1. The Morgan fingerprint density at radius 3 is 2.37 bits per heavy atom. The van der Waals surface area contributed by atoms with Crippen LogP contribution in [0.1, 0.15) is 28.3 Å². The fourth-order valence-corrected chi connectivity index (χ4v) is 2.90. The maximum atomic E-state index is 12.4. The Kier molecular flexibility index (Phi) is 5.98. The van der Waals surface area contributed by atoms with Crippen LogP contribution in [-0.2, 0) is 4.79 Å². The zero-order valence-electron chi connectivity index (χ0n) is 15.1. The van der Waals surface area contributed by atoms with Crippen LogP contribution >= 0.6 is 0 Å². The fourth-order valence-electron chi connectivity index (χ4n) is 2.90. The zero-order chi connectivity index (χ0) is 19.1. The molecule has 0 spiro atoms. The van der Waals surface area contributed by atoms with Gasteiger partial charge in [-0.2, -0.15) is 5.26 Å². The lowest BCUT2D eigenvalue weighted by Crippen LogP contribution is -2.31. The minimum absolute atomic E-state index is 0.0806. The van der Waals surface area contributed by atoms with E-state index in [4.69, 9.17) is 5.26 Å². The van der Waals surface area contributed by atoms with Gasteiger partial charge in [0, 0.05) is 5.69 Å². The number of aryl methyl sites for hydroxylation is 1. The van der Waals surface area contributed by atoms with E-state index in [0.29, 0.717) is 11.3 Å². The predicted molar refractivity (Wildman–Crippen MR) is 107 cm³/mol. The fraction of sp³-hybridized carbons (Fsp3) is 0.130. The SMILES string of the molecule is Cc1ccc([C@@H](NCC(=O)Nc2cccc(C#N)c2)c2ccccc2)cc1. The molecule has 0 saturated carbocycles. The number of nitrogens with zero attached hydrogens (tertiary/aromatic N) is 1. The van der Waals surface area contributed by atoms with Gasteiger partial charge in [-0.05, 0) is 36.2 Å². The normalized spacial score (nSPS) is 11.4. The molecule has 4 nitrogen and oxygen atoms in total. The van der Waals surface area contributed by atoms with Crippen LogP contribution in [0.5, 0.6) is 0 Å². The van der Waals surface area contributed by atoms with Crippen molar-refractivity contribution in [3.63, 3.8) is 0 Å². The van der Waals surface area contributed by atoms with E-state index < -0.39 is 0 Å². The van der Waals surface area contributed by atoms with Gasteiger partial charge in [-0.15, -0.1) is 0 Å². The van der Waals surface area contributed by atoms with E-state index in [1.165, 1.54) is 5.56 Å². The highest BCUT2D eigenvalue weighted by molar-refractivity contribution is 5.92. The quantitative estimate of drug-likeness (QED) is 0.697. The van der Waals surface area contributed by atoms with Crippen LogP contribution in [0, 0.1) is 18.3 Å². The lowest BCUT2D eigenvalue weighted by atomic mass is 9.98. The molecule has 1 amide bonds. The predicted octanol–water partition coefficient (Wildman–Crippen LogP) is 4.18. The molecule has 1 atom stereocenters. The third kappa shape index (κ3) is 5.04. The van der Waals surface area contributed by atoms with Crippen LogP contribution in [0.25, 0.3) is 0 Å². The van der Waals surface area contributed by atoms with Crippen LogP contribution in [0.15, 0.2) is 78.9 Å². The van der Waals surface area contributed by atoms with Gasteiger partial charge in [0.15, 0.2) is 0 Å². The Morgan fingerprint density at radius 1 is 0.963 bits per heavy atom. The van der Waals surface area contributed by atoms with E-state index in [2.05, 4.69) is 47.9 Å². The monoisotopic (exact) mass is 355 g/mol. The number of hydrogen-bond donors (Lipinski definition) is 2. The van der Waals surface area contributed by atoms with Gasteiger partial charge >= 0.3 is 0 Å². The smallest absolute Gasteiger partial charge is 0.238 e. The van der Waals surface area contributed by atoms with Crippen LogP contribution in [0.3, 0.4) is 0 Å². The highest BCUT2D eigenvalue weighted by Crippen LogP contribution is 2.22. The molecule has 4 heteroatoms. The van der Waals surface area contributed by atoms with E-state index in [1.807, 2.05) is 30.3 Å². The van der Waals surface area contributed by atoms with Gasteiger partial charge in [0.2, 0.25) is 5.91 Å². The molecule has 0 bridgehead atoms. The Hall–Kier alpha value is -3.42. The molecule has 0 aliphatic heterocycles. The van der Waals surface area contributed by atoms with Gasteiger partial charge in [-0.1, -0.05) is 66.2 Å². The molecule has 0 heterocycles. The zero-order valence-corrected chi connectivity index (χ0v) is 15.1. The number of carbonyl (C=O) groups excluding carboxylic acids is 1. The number of carbonyl (C=O) groups is 1. The number of nitrogens with one attached hydrogen (secondary N) is 2. The Balaban J connectivity index is 1.71. The Morgan fingerprint density at radius 2 is 1.67 bits per heavy atom. The molecule has 0 fully saturated rings. The molecule has 3 rings (SSSR count). The second kappa shape index (κ2) is 8.79. The minimum atomic E-state index is -0.155. The summed E-state index contributed by atoms with van der Waals surface area (Å²) in [6, 6.07) is 27.2. The van der Waals surface area contributed by atoms with Crippen molar-refractivity contribution in [1.82, 2.24) is 5.32 Å². The van der Waals surface area contributed by atoms with E-state index >= 15 is 0 Å². The summed E-state index contributed by atoms with van der Waals surface area (Å²) in [5.74, 6) is -0.155. The summed E-state index contributed by atoms with van der Waals surface area (Å²) in [5.41, 5.74) is 4.53. The average Bonchev–Trinajstić information content (AvgIpc) is 2.70. The maximum Gasteiger partial charge on any atom is 0.238 e. The van der Waals surface area contributed by atoms with E-state index in [-0.39, 0.29) is 18.5 Å². The lowest BCUT2D eigenvalue weighted by molar-refractivity contribution is -0.115. The summed E-state index contributed by atoms with van der Waals surface area (Å²) in [6.45, 7) is 2.21. The van der Waals surface area contributed by atoms with Gasteiger partial charge in [0.25, 0.3) is 0 Å². The van der Waals surface area contributed by atoms with Gasteiger partial charge in [0.1, 0.15) is 0 Å². The molecule has 2 N–H and O–H groups in total. The lowest BCUT2D eigenvalue weighted by Gasteiger charge is -2.20. The van der Waals surface area contributed by atoms with E-state index in [1.54, 1.807) is 24.3 Å². The van der Waals surface area contributed by atoms with Gasteiger partial charge < -0.3 is 5.32 Å². The van der Waals surface area contributed by atoms with Crippen LogP contribution < -0.4 is 10.6 Å². The van der Waals surface area contributed by atoms with Gasteiger partial charge in [-0.25, -0.2) is 0 Å². The second-order valence-corrected chi connectivity index (χ2v) is 6.38. The largest absolute Gasteiger partial charge is 0.325 e. The first-order valence-corrected chi connectivity index (χ1v) is 8.80. The number of amides is 1. The molecule has 134 valence electrons. The first-order chi connectivity index (χ1) is 13.2. The molecule has 3 aromatic carbocycles. The minimum Gasteiger partial charge on any atom is -0.325 e. The standard InChI is InChI=1S/C23H21N3O/c1-17-10-12-20(13-11-17)23(19-7-3-2-4-8-19)25-16-22(27)26-21-9-5-6-18(14-21)15-24/h2-14,23,25H,16H2,1H3,(H,26,27)/t23-/m0/s1. The molecule has 0 unspecified atom stereocenters. The Bertz CT molecular complexity index is 943. The topological polar surface area (TPSA) is 64.9 Å². The molecule has 0 aliphatic rings. The molecular formula is C23H21N3O. The van der Waals surface area contributed by atoms with E-state index in [0.717, 1.165) is 11.1 Å². The molecule has 0 saturated heterocycles. The van der Waals surface area contributed by atoms with Gasteiger partial charge in [-0.3, -0.25) is 10.1 Å². The number of benzene rings is 3. The maximum absolute atomic E-state index is 12.4. The molecule has 0 aliphatic carbocycles. The van der Waals surface area contributed by atoms with Crippen LogP contribution in [0.4, 0.5) is 5.69 Å². The summed E-state index contributed by atoms with van der Waals surface area (Å²) < 4.78 is 0. The third-order valence-corrected chi connectivity index (χ3v) is 4.29. The first kappa shape index (κ1) is 18.4. The van der Waals surface area contributed by atoms with Crippen molar-refractivity contribution < 1.29 is 4.79 Å². The van der Waals surface area contributed by atoms with E-state index in [9.17, 15) is 4.79 Å². The van der Waals surface area contributed by atoms with Crippen LogP contribution in [-0.4, -0.2) is 12.5 Å². The van der Waals surface area contributed by atoms with Crippen molar-refractivity contribution in [1.29, 1.82) is 5.26 Å². The summed E-state index contributed by atoms with van der Waals surface area (Å²) in [4.78, 5) is 12.4. The average molecular weight is 355 g/mol. The number of anilines is 1. The number of hydrogen-bond acceptors (Lipinski definition) is 3.